The van der Waals surface area contributed by atoms with Gasteiger partial charge in [-0.15, -0.1) is 0 Å². The third-order valence-corrected chi connectivity index (χ3v) is 2.82. The molecule has 17 heavy (non-hydrogen) atoms. The minimum Gasteiger partial charge on any atom is -0.306 e. The lowest BCUT2D eigenvalue weighted by Crippen LogP contribution is -1.99. The molecule has 0 aliphatic heterocycles. The van der Waals surface area contributed by atoms with Crippen molar-refractivity contribution in [3.8, 4) is 11.3 Å². The first kappa shape index (κ1) is 10.2. The van der Waals surface area contributed by atoms with E-state index in [1.807, 2.05) is 24.3 Å². The lowest BCUT2D eigenvalue weighted by molar-refractivity contribution is 1.12. The zero-order valence-electron chi connectivity index (χ0n) is 8.57. The molecular weight excluding hydrogens is 284 g/mol. The number of hydrogen-bond donors (Lipinski definition) is 2. The van der Waals surface area contributed by atoms with Crippen LogP contribution in [0.2, 0.25) is 0 Å². The van der Waals surface area contributed by atoms with Crippen molar-refractivity contribution >= 4 is 27.0 Å². The first-order valence-electron chi connectivity index (χ1n) is 4.93. The Morgan fingerprint density at radius 3 is 2.76 bits per heavy atom. The number of fused-ring (bicyclic) bond motifs is 1. The van der Waals surface area contributed by atoms with Crippen molar-refractivity contribution in [2.45, 2.75) is 0 Å². The molecule has 0 atom stereocenters. The maximum absolute atomic E-state index is 11.1. The van der Waals surface area contributed by atoms with Crippen LogP contribution in [0.1, 0.15) is 0 Å². The molecule has 0 aliphatic carbocycles. The molecule has 0 unspecified atom stereocenters. The normalized spacial score (nSPS) is 10.9. The molecule has 84 valence electrons. The second kappa shape index (κ2) is 3.81. The molecule has 0 saturated carbocycles. The van der Waals surface area contributed by atoms with Crippen LogP contribution < -0.4 is 5.69 Å². The Kier molecular flexibility index (Phi) is 2.29. The highest BCUT2D eigenvalue weighted by atomic mass is 79.9. The van der Waals surface area contributed by atoms with E-state index in [1.165, 1.54) is 0 Å². The first-order valence-corrected chi connectivity index (χ1v) is 5.73. The van der Waals surface area contributed by atoms with Gasteiger partial charge in [-0.25, -0.2) is 14.8 Å². The Hall–Kier alpha value is -1.95. The summed E-state index contributed by atoms with van der Waals surface area (Å²) in [6.07, 6.45) is 1.68. The number of aromatic amines is 2. The van der Waals surface area contributed by atoms with Gasteiger partial charge >= 0.3 is 5.69 Å². The summed E-state index contributed by atoms with van der Waals surface area (Å²) in [5, 5.41) is 0. The quantitative estimate of drug-likeness (QED) is 0.674. The molecule has 0 bridgehead atoms. The van der Waals surface area contributed by atoms with Crippen molar-refractivity contribution in [1.29, 1.82) is 0 Å². The summed E-state index contributed by atoms with van der Waals surface area (Å²) in [6.45, 7) is 0. The molecule has 0 radical (unpaired) electrons. The van der Waals surface area contributed by atoms with Gasteiger partial charge in [0, 0.05) is 11.8 Å². The van der Waals surface area contributed by atoms with Crippen LogP contribution in [0.25, 0.3) is 22.3 Å². The van der Waals surface area contributed by atoms with Gasteiger partial charge < -0.3 is 9.97 Å². The SMILES string of the molecule is O=c1[nH]c2ccc(-c3ccnc(Br)n3)cc2[nH]1. The average molecular weight is 291 g/mol. The van der Waals surface area contributed by atoms with Crippen molar-refractivity contribution in [3.05, 3.63) is 45.7 Å². The van der Waals surface area contributed by atoms with Crippen LogP contribution in [0.5, 0.6) is 0 Å². The van der Waals surface area contributed by atoms with Crippen molar-refractivity contribution in [3.63, 3.8) is 0 Å². The summed E-state index contributed by atoms with van der Waals surface area (Å²) in [7, 11) is 0. The average Bonchev–Trinajstić information content (AvgIpc) is 2.68. The van der Waals surface area contributed by atoms with Gasteiger partial charge in [-0.2, -0.15) is 0 Å². The number of rotatable bonds is 1. The molecule has 0 saturated heterocycles. The summed E-state index contributed by atoms with van der Waals surface area (Å²) < 4.78 is 0.539. The number of benzene rings is 1. The number of nitrogens with one attached hydrogen (secondary N) is 2. The van der Waals surface area contributed by atoms with E-state index in [2.05, 4.69) is 35.9 Å². The number of imidazole rings is 1. The summed E-state index contributed by atoms with van der Waals surface area (Å²) in [5.41, 5.74) is 3.07. The number of hydrogen-bond acceptors (Lipinski definition) is 3. The van der Waals surface area contributed by atoms with Crippen LogP contribution in [0.3, 0.4) is 0 Å². The summed E-state index contributed by atoms with van der Waals surface area (Å²) in [4.78, 5) is 24.8. The van der Waals surface area contributed by atoms with E-state index in [-0.39, 0.29) is 5.69 Å². The Balaban J connectivity index is 2.20. The number of halogens is 1. The van der Waals surface area contributed by atoms with E-state index < -0.39 is 0 Å². The summed E-state index contributed by atoms with van der Waals surface area (Å²) >= 11 is 3.23. The lowest BCUT2D eigenvalue weighted by atomic mass is 10.1. The monoisotopic (exact) mass is 290 g/mol. The van der Waals surface area contributed by atoms with Crippen LogP contribution in [0.4, 0.5) is 0 Å². The van der Waals surface area contributed by atoms with Crippen molar-refractivity contribution in [1.82, 2.24) is 19.9 Å². The molecular formula is C11H7BrN4O. The van der Waals surface area contributed by atoms with E-state index in [9.17, 15) is 4.79 Å². The fraction of sp³-hybridized carbons (Fsp3) is 0. The van der Waals surface area contributed by atoms with Gasteiger partial charge in [0.15, 0.2) is 4.73 Å². The van der Waals surface area contributed by atoms with E-state index in [0.717, 1.165) is 22.3 Å². The Morgan fingerprint density at radius 1 is 1.12 bits per heavy atom. The van der Waals surface area contributed by atoms with Gasteiger partial charge in [0.25, 0.3) is 0 Å². The standard InChI is InChI=1S/C11H7BrN4O/c12-10-13-4-3-7(14-10)6-1-2-8-9(5-6)16-11(17)15-8/h1-5H,(H2,15,16,17). The molecule has 3 aromatic rings. The molecule has 2 aromatic heterocycles. The molecule has 1 aromatic carbocycles. The first-order chi connectivity index (χ1) is 8.22. The lowest BCUT2D eigenvalue weighted by Gasteiger charge is -2.00. The minimum atomic E-state index is -0.207. The molecule has 0 fully saturated rings. The predicted molar refractivity (Wildman–Crippen MR) is 67.6 cm³/mol. The van der Waals surface area contributed by atoms with E-state index in [4.69, 9.17) is 0 Å². The van der Waals surface area contributed by atoms with Crippen LogP contribution in [0.15, 0.2) is 40.0 Å². The molecule has 0 spiro atoms. The minimum absolute atomic E-state index is 0.207. The fourth-order valence-electron chi connectivity index (χ4n) is 1.69. The van der Waals surface area contributed by atoms with Gasteiger partial charge in [-0.1, -0.05) is 6.07 Å². The molecule has 2 heterocycles. The highest BCUT2D eigenvalue weighted by Gasteiger charge is 2.03. The van der Waals surface area contributed by atoms with Gasteiger partial charge in [0.1, 0.15) is 0 Å². The van der Waals surface area contributed by atoms with Crippen LogP contribution >= 0.6 is 15.9 Å². The van der Waals surface area contributed by atoms with Crippen LogP contribution in [-0.2, 0) is 0 Å². The number of nitrogens with zero attached hydrogens (tertiary/aromatic N) is 2. The van der Waals surface area contributed by atoms with Crippen LogP contribution in [-0.4, -0.2) is 19.9 Å². The Labute approximate surface area is 104 Å². The molecule has 0 amide bonds. The van der Waals surface area contributed by atoms with E-state index in [1.54, 1.807) is 6.20 Å². The van der Waals surface area contributed by atoms with Gasteiger partial charge in [0.2, 0.25) is 0 Å². The Bertz CT molecular complexity index is 746. The molecule has 6 heteroatoms. The zero-order valence-corrected chi connectivity index (χ0v) is 10.2. The van der Waals surface area contributed by atoms with Gasteiger partial charge in [0.05, 0.1) is 16.7 Å². The maximum atomic E-state index is 11.1. The molecule has 5 nitrogen and oxygen atoms in total. The van der Waals surface area contributed by atoms with Gasteiger partial charge in [-0.3, -0.25) is 0 Å². The third kappa shape index (κ3) is 1.87. The van der Waals surface area contributed by atoms with Crippen molar-refractivity contribution in [2.24, 2.45) is 0 Å². The van der Waals surface area contributed by atoms with E-state index >= 15 is 0 Å². The fourth-order valence-corrected chi connectivity index (χ4v) is 2.00. The summed E-state index contributed by atoms with van der Waals surface area (Å²) in [6, 6.07) is 7.44. The summed E-state index contributed by atoms with van der Waals surface area (Å²) in [5.74, 6) is 0. The second-order valence-corrected chi connectivity index (χ2v) is 4.26. The second-order valence-electron chi connectivity index (χ2n) is 3.55. The highest BCUT2D eigenvalue weighted by molar-refractivity contribution is 9.10. The zero-order chi connectivity index (χ0) is 11.8. The van der Waals surface area contributed by atoms with Gasteiger partial charge in [-0.05, 0) is 34.1 Å². The van der Waals surface area contributed by atoms with E-state index in [0.29, 0.717) is 4.73 Å². The predicted octanol–water partition coefficient (Wildman–Crippen LogP) is 2.08. The Morgan fingerprint density at radius 2 is 1.94 bits per heavy atom. The number of aromatic nitrogens is 4. The smallest absolute Gasteiger partial charge is 0.306 e. The third-order valence-electron chi connectivity index (χ3n) is 2.44. The molecule has 2 N–H and O–H groups in total. The van der Waals surface area contributed by atoms with Crippen molar-refractivity contribution in [2.75, 3.05) is 0 Å². The highest BCUT2D eigenvalue weighted by Crippen LogP contribution is 2.20. The van der Waals surface area contributed by atoms with Crippen LogP contribution in [0, 0.1) is 0 Å². The largest absolute Gasteiger partial charge is 0.323 e. The topological polar surface area (TPSA) is 74.4 Å². The maximum Gasteiger partial charge on any atom is 0.323 e. The molecule has 0 aliphatic rings. The molecule has 3 rings (SSSR count). The number of H-pyrrole nitrogens is 2. The van der Waals surface area contributed by atoms with Crippen molar-refractivity contribution < 1.29 is 0 Å².